The van der Waals surface area contributed by atoms with E-state index in [1.807, 2.05) is 12.1 Å². The Labute approximate surface area is 142 Å². The van der Waals surface area contributed by atoms with E-state index in [9.17, 15) is 9.59 Å². The molecule has 4 rings (SSSR count). The van der Waals surface area contributed by atoms with Crippen LogP contribution in [0.3, 0.4) is 0 Å². The third-order valence-electron chi connectivity index (χ3n) is 5.31. The first-order valence-corrected chi connectivity index (χ1v) is 7.99. The van der Waals surface area contributed by atoms with Crippen molar-refractivity contribution >= 4 is 11.6 Å². The molecular formula is C20H22O4. The first kappa shape index (κ1) is 16.7. The van der Waals surface area contributed by atoms with E-state index in [2.05, 4.69) is 11.8 Å². The number of Topliss-reactive ketones (excluding diaryl/α,β-unsaturated/α-hetero) is 2. The van der Waals surface area contributed by atoms with Gasteiger partial charge in [-0.25, -0.2) is 0 Å². The number of rotatable bonds is 2. The fourth-order valence-corrected chi connectivity index (χ4v) is 4.40. The molecule has 4 nitrogen and oxygen atoms in total. The van der Waals surface area contributed by atoms with Gasteiger partial charge >= 0.3 is 0 Å². The standard InChI is InChI=1S/C19H18O4.CH4/c1-3-4-10-5-6-11(14(9-10)22-2)15-18(20)16-12-7-8-13(23-12)17(16)19(15)21;/h5-6,9,12-13,15-17H,7-8H2,1-2H3;1H4/t12?,13?,15?,16-,17?;/m1./s1. The summed E-state index contributed by atoms with van der Waals surface area (Å²) < 4.78 is 11.2. The molecule has 1 aliphatic carbocycles. The number of ether oxygens (including phenoxy) is 2. The average molecular weight is 326 g/mol. The molecule has 3 aliphatic rings. The van der Waals surface area contributed by atoms with E-state index >= 15 is 0 Å². The first-order valence-electron chi connectivity index (χ1n) is 7.99. The molecule has 3 fully saturated rings. The maximum absolute atomic E-state index is 12.9. The van der Waals surface area contributed by atoms with Crippen molar-refractivity contribution in [3.8, 4) is 17.6 Å². The van der Waals surface area contributed by atoms with Gasteiger partial charge < -0.3 is 9.47 Å². The first-order chi connectivity index (χ1) is 11.2. The molecule has 2 saturated heterocycles. The van der Waals surface area contributed by atoms with Gasteiger partial charge in [0, 0.05) is 11.1 Å². The van der Waals surface area contributed by atoms with E-state index < -0.39 is 5.92 Å². The van der Waals surface area contributed by atoms with Crippen molar-refractivity contribution in [1.29, 1.82) is 0 Å². The van der Waals surface area contributed by atoms with Crippen LogP contribution in [0.1, 0.15) is 44.2 Å². The summed E-state index contributed by atoms with van der Waals surface area (Å²) >= 11 is 0. The smallest absolute Gasteiger partial charge is 0.154 e. The number of carbonyl (C=O) groups is 2. The van der Waals surface area contributed by atoms with E-state index in [0.29, 0.717) is 11.3 Å². The Morgan fingerprint density at radius 2 is 1.75 bits per heavy atom. The summed E-state index contributed by atoms with van der Waals surface area (Å²) in [6.45, 7) is 1.77. The van der Waals surface area contributed by atoms with Gasteiger partial charge in [0.25, 0.3) is 0 Å². The van der Waals surface area contributed by atoms with E-state index in [4.69, 9.17) is 9.47 Å². The molecule has 126 valence electrons. The molecule has 1 saturated carbocycles. The highest BCUT2D eigenvalue weighted by atomic mass is 16.5. The predicted octanol–water partition coefficient (Wildman–Crippen LogP) is 2.73. The van der Waals surface area contributed by atoms with Gasteiger partial charge in [-0.15, -0.1) is 5.92 Å². The van der Waals surface area contributed by atoms with Gasteiger partial charge in [0.15, 0.2) is 11.6 Å². The fraction of sp³-hybridized carbons (Fsp3) is 0.500. The SMILES string of the molecule is C.CC#Cc1ccc(C2C(=O)C3C4CCC(O4)[C@H]3C2=O)c(OC)c1. The van der Waals surface area contributed by atoms with Gasteiger partial charge in [-0.05, 0) is 31.9 Å². The Morgan fingerprint density at radius 1 is 1.12 bits per heavy atom. The van der Waals surface area contributed by atoms with Crippen LogP contribution in [0.5, 0.6) is 5.75 Å². The van der Waals surface area contributed by atoms with Crippen LogP contribution < -0.4 is 4.74 Å². The summed E-state index contributed by atoms with van der Waals surface area (Å²) in [4.78, 5) is 25.8. The molecule has 0 aromatic heterocycles. The van der Waals surface area contributed by atoms with Gasteiger partial charge in [-0.2, -0.15) is 0 Å². The zero-order chi connectivity index (χ0) is 16.1. The van der Waals surface area contributed by atoms with Crippen LogP contribution in [-0.2, 0) is 14.3 Å². The Hall–Kier alpha value is -2.12. The van der Waals surface area contributed by atoms with Crippen LogP contribution >= 0.6 is 0 Å². The minimum atomic E-state index is -0.712. The molecule has 0 spiro atoms. The zero-order valence-corrected chi connectivity index (χ0v) is 13.2. The highest BCUT2D eigenvalue weighted by Gasteiger charge is 2.63. The number of carbonyl (C=O) groups excluding carboxylic acids is 2. The molecule has 2 aliphatic heterocycles. The summed E-state index contributed by atoms with van der Waals surface area (Å²) in [6.07, 6.45) is 1.64. The lowest BCUT2D eigenvalue weighted by Crippen LogP contribution is -2.29. The Kier molecular flexibility index (Phi) is 4.23. The number of benzene rings is 1. The van der Waals surface area contributed by atoms with Crippen LogP contribution in [0.15, 0.2) is 18.2 Å². The minimum absolute atomic E-state index is 0. The number of hydrogen-bond acceptors (Lipinski definition) is 4. The minimum Gasteiger partial charge on any atom is -0.496 e. The Balaban J connectivity index is 0.00000169. The van der Waals surface area contributed by atoms with Crippen LogP contribution in [0.2, 0.25) is 0 Å². The van der Waals surface area contributed by atoms with Crippen molar-refractivity contribution in [2.45, 2.75) is 45.3 Å². The molecule has 0 N–H and O–H groups in total. The average Bonchev–Trinajstić information content (AvgIpc) is 3.22. The van der Waals surface area contributed by atoms with Crippen molar-refractivity contribution in [3.05, 3.63) is 29.3 Å². The molecule has 5 atom stereocenters. The summed E-state index contributed by atoms with van der Waals surface area (Å²) in [6, 6.07) is 5.45. The predicted molar refractivity (Wildman–Crippen MR) is 89.9 cm³/mol. The van der Waals surface area contributed by atoms with Crippen LogP contribution in [-0.4, -0.2) is 30.9 Å². The Morgan fingerprint density at radius 3 is 2.29 bits per heavy atom. The maximum atomic E-state index is 12.9. The third-order valence-corrected chi connectivity index (χ3v) is 5.31. The third kappa shape index (κ3) is 2.19. The zero-order valence-electron chi connectivity index (χ0n) is 13.2. The lowest BCUT2D eigenvalue weighted by Gasteiger charge is -2.16. The number of methoxy groups -OCH3 is 1. The lowest BCUT2D eigenvalue weighted by atomic mass is 9.81. The topological polar surface area (TPSA) is 52.6 Å². The van der Waals surface area contributed by atoms with Gasteiger partial charge in [0.2, 0.25) is 0 Å². The summed E-state index contributed by atoms with van der Waals surface area (Å²) in [5, 5.41) is 0. The molecule has 1 aromatic rings. The second kappa shape index (κ2) is 6.07. The van der Waals surface area contributed by atoms with Gasteiger partial charge in [0.1, 0.15) is 11.7 Å². The van der Waals surface area contributed by atoms with Crippen molar-refractivity contribution in [1.82, 2.24) is 0 Å². The van der Waals surface area contributed by atoms with Crippen LogP contribution in [0.25, 0.3) is 0 Å². The molecule has 4 unspecified atom stereocenters. The highest BCUT2D eigenvalue weighted by Crippen LogP contribution is 2.53. The second-order valence-corrected chi connectivity index (χ2v) is 6.41. The molecule has 0 radical (unpaired) electrons. The van der Waals surface area contributed by atoms with Crippen molar-refractivity contribution in [2.75, 3.05) is 7.11 Å². The number of ketones is 2. The molecule has 1 aromatic carbocycles. The highest BCUT2D eigenvalue weighted by molar-refractivity contribution is 6.17. The molecule has 4 heteroatoms. The van der Waals surface area contributed by atoms with Gasteiger partial charge in [0.05, 0.1) is 31.2 Å². The van der Waals surface area contributed by atoms with Crippen LogP contribution in [0.4, 0.5) is 0 Å². The van der Waals surface area contributed by atoms with E-state index in [1.165, 1.54) is 0 Å². The molecule has 2 heterocycles. The lowest BCUT2D eigenvalue weighted by molar-refractivity contribution is -0.127. The molecule has 24 heavy (non-hydrogen) atoms. The second-order valence-electron chi connectivity index (χ2n) is 6.41. The molecule has 2 bridgehead atoms. The largest absolute Gasteiger partial charge is 0.496 e. The summed E-state index contributed by atoms with van der Waals surface area (Å²) in [7, 11) is 1.56. The monoisotopic (exact) mass is 326 g/mol. The van der Waals surface area contributed by atoms with E-state index in [0.717, 1.165) is 18.4 Å². The van der Waals surface area contributed by atoms with E-state index in [1.54, 1.807) is 20.1 Å². The quantitative estimate of drug-likeness (QED) is 0.619. The fourth-order valence-electron chi connectivity index (χ4n) is 4.40. The Bertz CT molecular complexity index is 727. The van der Waals surface area contributed by atoms with Crippen LogP contribution in [0, 0.1) is 23.7 Å². The maximum Gasteiger partial charge on any atom is 0.154 e. The summed E-state index contributed by atoms with van der Waals surface area (Å²) in [5.74, 6) is 5.14. The van der Waals surface area contributed by atoms with Crippen molar-refractivity contribution in [2.24, 2.45) is 11.8 Å². The summed E-state index contributed by atoms with van der Waals surface area (Å²) in [5.41, 5.74) is 1.48. The van der Waals surface area contributed by atoms with Gasteiger partial charge in [-0.1, -0.05) is 19.4 Å². The van der Waals surface area contributed by atoms with E-state index in [-0.39, 0.29) is 43.0 Å². The molecular weight excluding hydrogens is 304 g/mol. The number of hydrogen-bond donors (Lipinski definition) is 0. The molecule has 0 amide bonds. The normalized spacial score (nSPS) is 32.8. The van der Waals surface area contributed by atoms with Crippen molar-refractivity contribution in [3.63, 3.8) is 0 Å². The van der Waals surface area contributed by atoms with Crippen molar-refractivity contribution < 1.29 is 19.1 Å². The number of fused-ring (bicyclic) bond motifs is 5. The van der Waals surface area contributed by atoms with Gasteiger partial charge in [-0.3, -0.25) is 9.59 Å².